The van der Waals surface area contributed by atoms with Gasteiger partial charge in [-0.15, -0.1) is 0 Å². The molecule has 1 heterocycles. The molecule has 2 heteroatoms. The number of rotatable bonds is 3. The topological polar surface area (TPSA) is 39.2 Å². The summed E-state index contributed by atoms with van der Waals surface area (Å²) in [5, 5.41) is 0. The van der Waals surface area contributed by atoms with E-state index >= 15 is 0 Å². The van der Waals surface area contributed by atoms with Crippen LogP contribution in [0.25, 0.3) is 11.3 Å². The van der Waals surface area contributed by atoms with Crippen LogP contribution in [0.1, 0.15) is 23.8 Å². The van der Waals surface area contributed by atoms with Gasteiger partial charge >= 0.3 is 0 Å². The molecule has 90 valence electrons. The molecule has 1 aromatic carbocycles. The van der Waals surface area contributed by atoms with Crippen LogP contribution in [0.2, 0.25) is 0 Å². The van der Waals surface area contributed by atoms with Crippen molar-refractivity contribution in [3.63, 3.8) is 0 Å². The summed E-state index contributed by atoms with van der Waals surface area (Å²) in [6.07, 6.45) is 0.783. The molecule has 17 heavy (non-hydrogen) atoms. The van der Waals surface area contributed by atoms with E-state index in [0.29, 0.717) is 0 Å². The SMILES string of the molecule is Cc1ccc(-c2ccc(CC(C)N)o2)c(C)c1. The summed E-state index contributed by atoms with van der Waals surface area (Å²) in [6.45, 7) is 6.19. The number of hydrogen-bond acceptors (Lipinski definition) is 2. The first kappa shape index (κ1) is 11.9. The lowest BCUT2D eigenvalue weighted by atomic mass is 10.0. The monoisotopic (exact) mass is 229 g/mol. The second kappa shape index (κ2) is 4.76. The summed E-state index contributed by atoms with van der Waals surface area (Å²) in [5.74, 6) is 1.88. The standard InChI is InChI=1S/C15H19NO/c1-10-4-6-14(11(2)8-10)15-7-5-13(17-15)9-12(3)16/h4-8,12H,9,16H2,1-3H3. The fourth-order valence-corrected chi connectivity index (χ4v) is 2.04. The average Bonchev–Trinajstić information content (AvgIpc) is 2.65. The molecule has 0 aliphatic rings. The molecule has 2 rings (SSSR count). The zero-order chi connectivity index (χ0) is 12.4. The van der Waals surface area contributed by atoms with Crippen molar-refractivity contribution in [1.29, 1.82) is 0 Å². The molecular formula is C15H19NO. The van der Waals surface area contributed by atoms with Gasteiger partial charge in [0.2, 0.25) is 0 Å². The van der Waals surface area contributed by atoms with Crippen molar-refractivity contribution < 1.29 is 4.42 Å². The lowest BCUT2D eigenvalue weighted by Crippen LogP contribution is -2.17. The Morgan fingerprint density at radius 1 is 1.18 bits per heavy atom. The highest BCUT2D eigenvalue weighted by Crippen LogP contribution is 2.26. The lowest BCUT2D eigenvalue weighted by molar-refractivity contribution is 0.503. The van der Waals surface area contributed by atoms with Crippen LogP contribution in [-0.4, -0.2) is 6.04 Å². The minimum absolute atomic E-state index is 0.133. The van der Waals surface area contributed by atoms with Crippen molar-refractivity contribution >= 4 is 0 Å². The molecule has 0 saturated carbocycles. The molecule has 1 unspecified atom stereocenters. The van der Waals surface area contributed by atoms with Gasteiger partial charge in [-0.2, -0.15) is 0 Å². The molecule has 1 atom stereocenters. The van der Waals surface area contributed by atoms with Crippen LogP contribution >= 0.6 is 0 Å². The van der Waals surface area contributed by atoms with Crippen LogP contribution in [0.3, 0.4) is 0 Å². The Labute approximate surface area is 102 Å². The van der Waals surface area contributed by atoms with Crippen molar-refractivity contribution in [2.45, 2.75) is 33.2 Å². The van der Waals surface area contributed by atoms with E-state index in [-0.39, 0.29) is 6.04 Å². The zero-order valence-corrected chi connectivity index (χ0v) is 10.7. The Balaban J connectivity index is 2.30. The molecule has 0 radical (unpaired) electrons. The average molecular weight is 229 g/mol. The minimum atomic E-state index is 0.133. The van der Waals surface area contributed by atoms with E-state index in [2.05, 4.69) is 32.0 Å². The summed E-state index contributed by atoms with van der Waals surface area (Å²) in [6, 6.07) is 10.6. The Morgan fingerprint density at radius 3 is 2.59 bits per heavy atom. The lowest BCUT2D eigenvalue weighted by Gasteiger charge is -2.04. The van der Waals surface area contributed by atoms with E-state index in [0.717, 1.165) is 23.5 Å². The van der Waals surface area contributed by atoms with Gasteiger partial charge in [0.1, 0.15) is 11.5 Å². The third-order valence-electron chi connectivity index (χ3n) is 2.83. The van der Waals surface area contributed by atoms with Gasteiger partial charge in [0.25, 0.3) is 0 Å². The Hall–Kier alpha value is -1.54. The van der Waals surface area contributed by atoms with E-state index in [1.54, 1.807) is 0 Å². The zero-order valence-electron chi connectivity index (χ0n) is 10.7. The van der Waals surface area contributed by atoms with E-state index in [1.807, 2.05) is 19.1 Å². The first-order valence-corrected chi connectivity index (χ1v) is 5.98. The van der Waals surface area contributed by atoms with Gasteiger partial charge in [-0.25, -0.2) is 0 Å². The number of benzene rings is 1. The third kappa shape index (κ3) is 2.77. The largest absolute Gasteiger partial charge is 0.461 e. The maximum absolute atomic E-state index is 5.82. The molecule has 2 N–H and O–H groups in total. The molecule has 0 spiro atoms. The van der Waals surface area contributed by atoms with Crippen molar-refractivity contribution in [1.82, 2.24) is 0 Å². The van der Waals surface area contributed by atoms with E-state index in [1.165, 1.54) is 11.1 Å². The first-order valence-electron chi connectivity index (χ1n) is 5.98. The maximum atomic E-state index is 5.82. The molecule has 2 aromatic rings. The molecule has 0 aliphatic heterocycles. The van der Waals surface area contributed by atoms with Crippen molar-refractivity contribution in [3.8, 4) is 11.3 Å². The number of hydrogen-bond donors (Lipinski definition) is 1. The molecule has 0 amide bonds. The highest BCUT2D eigenvalue weighted by Gasteiger charge is 2.08. The van der Waals surface area contributed by atoms with Crippen LogP contribution in [0, 0.1) is 13.8 Å². The molecule has 0 bridgehead atoms. The maximum Gasteiger partial charge on any atom is 0.134 e. The van der Waals surface area contributed by atoms with Gasteiger partial charge in [0, 0.05) is 18.0 Å². The Bertz CT molecular complexity index is 511. The molecule has 0 aliphatic carbocycles. The first-order chi connectivity index (χ1) is 8.06. The van der Waals surface area contributed by atoms with Crippen molar-refractivity contribution in [3.05, 3.63) is 47.2 Å². The number of furan rings is 1. The second-order valence-corrected chi connectivity index (χ2v) is 4.77. The highest BCUT2D eigenvalue weighted by atomic mass is 16.3. The van der Waals surface area contributed by atoms with Gasteiger partial charge in [-0.05, 0) is 38.5 Å². The van der Waals surface area contributed by atoms with Crippen LogP contribution in [0.4, 0.5) is 0 Å². The van der Waals surface area contributed by atoms with E-state index in [4.69, 9.17) is 10.2 Å². The van der Waals surface area contributed by atoms with Gasteiger partial charge < -0.3 is 10.2 Å². The van der Waals surface area contributed by atoms with Gasteiger partial charge in [-0.3, -0.25) is 0 Å². The highest BCUT2D eigenvalue weighted by molar-refractivity contribution is 5.62. The normalized spacial score (nSPS) is 12.7. The predicted molar refractivity (Wildman–Crippen MR) is 71.0 cm³/mol. The quantitative estimate of drug-likeness (QED) is 0.875. The van der Waals surface area contributed by atoms with Crippen molar-refractivity contribution in [2.24, 2.45) is 5.73 Å². The molecule has 0 saturated heterocycles. The predicted octanol–water partition coefficient (Wildman–Crippen LogP) is 3.45. The summed E-state index contributed by atoms with van der Waals surface area (Å²) < 4.78 is 5.82. The third-order valence-corrected chi connectivity index (χ3v) is 2.83. The Kier molecular flexibility index (Phi) is 3.34. The molecular weight excluding hydrogens is 210 g/mol. The summed E-state index contributed by atoms with van der Waals surface area (Å²) in [5.41, 5.74) is 9.44. The second-order valence-electron chi connectivity index (χ2n) is 4.77. The summed E-state index contributed by atoms with van der Waals surface area (Å²) in [4.78, 5) is 0. The van der Waals surface area contributed by atoms with Crippen molar-refractivity contribution in [2.75, 3.05) is 0 Å². The van der Waals surface area contributed by atoms with Crippen LogP contribution in [0.5, 0.6) is 0 Å². The van der Waals surface area contributed by atoms with E-state index < -0.39 is 0 Å². The molecule has 1 aromatic heterocycles. The number of nitrogens with two attached hydrogens (primary N) is 1. The van der Waals surface area contributed by atoms with Gasteiger partial charge in [-0.1, -0.05) is 23.8 Å². The Morgan fingerprint density at radius 2 is 1.94 bits per heavy atom. The molecule has 0 fully saturated rings. The van der Waals surface area contributed by atoms with Gasteiger partial charge in [0.05, 0.1) is 0 Å². The van der Waals surface area contributed by atoms with Crippen LogP contribution in [0.15, 0.2) is 34.7 Å². The summed E-state index contributed by atoms with van der Waals surface area (Å²) in [7, 11) is 0. The smallest absolute Gasteiger partial charge is 0.134 e. The van der Waals surface area contributed by atoms with Crippen LogP contribution in [-0.2, 0) is 6.42 Å². The minimum Gasteiger partial charge on any atom is -0.461 e. The summed E-state index contributed by atoms with van der Waals surface area (Å²) >= 11 is 0. The van der Waals surface area contributed by atoms with E-state index in [9.17, 15) is 0 Å². The fourth-order valence-electron chi connectivity index (χ4n) is 2.04. The molecule has 2 nitrogen and oxygen atoms in total. The fraction of sp³-hybridized carbons (Fsp3) is 0.333. The van der Waals surface area contributed by atoms with Gasteiger partial charge in [0.15, 0.2) is 0 Å². The van der Waals surface area contributed by atoms with Crippen LogP contribution < -0.4 is 5.73 Å². The number of aryl methyl sites for hydroxylation is 2.